The van der Waals surface area contributed by atoms with E-state index in [9.17, 15) is 29.9 Å². The number of nitrogens with one attached hydrogen (secondary N) is 1. The molecule has 2 amide bonds. The molecule has 1 aromatic carbocycles. The topological polar surface area (TPSA) is 140 Å². The van der Waals surface area contributed by atoms with Gasteiger partial charge >= 0.3 is 5.97 Å². The molecule has 3 fully saturated rings. The van der Waals surface area contributed by atoms with Crippen molar-refractivity contribution >= 4 is 17.8 Å². The van der Waals surface area contributed by atoms with E-state index >= 15 is 0 Å². The van der Waals surface area contributed by atoms with Gasteiger partial charge in [0.2, 0.25) is 11.8 Å². The van der Waals surface area contributed by atoms with Crippen molar-refractivity contribution in [2.24, 2.45) is 16.7 Å². The molecule has 2 saturated carbocycles. The Bertz CT molecular complexity index is 1080. The number of amides is 2. The predicted octanol–water partition coefficient (Wildman–Crippen LogP) is 2.44. The average molecular weight is 512 g/mol. The highest BCUT2D eigenvalue weighted by Gasteiger charge is 2.63. The highest BCUT2D eigenvalue weighted by atomic mass is 16.5. The minimum Gasteiger partial charge on any atom is -0.508 e. The summed E-state index contributed by atoms with van der Waals surface area (Å²) in [7, 11) is 0. The maximum atomic E-state index is 13.4. The third-order valence-corrected chi connectivity index (χ3v) is 9.36. The minimum atomic E-state index is -1.44. The zero-order chi connectivity index (χ0) is 27.0. The number of carbonyl (C=O) groups is 3. The van der Waals surface area contributed by atoms with E-state index in [0.717, 1.165) is 19.3 Å². The first-order chi connectivity index (χ1) is 17.5. The first kappa shape index (κ1) is 26.9. The Hall–Kier alpha value is -3.12. The fourth-order valence-corrected chi connectivity index (χ4v) is 6.51. The van der Waals surface area contributed by atoms with E-state index in [1.807, 2.05) is 6.07 Å². The lowest BCUT2D eigenvalue weighted by Gasteiger charge is -2.39. The summed E-state index contributed by atoms with van der Waals surface area (Å²) in [6.07, 6.45) is 2.15. The maximum absolute atomic E-state index is 13.4. The number of likely N-dealkylation sites (tertiary alicyclic amines) is 1. The van der Waals surface area contributed by atoms with Crippen LogP contribution in [0.3, 0.4) is 0 Å². The second-order valence-corrected chi connectivity index (χ2v) is 11.5. The van der Waals surface area contributed by atoms with Gasteiger partial charge in [-0.05, 0) is 61.1 Å². The van der Waals surface area contributed by atoms with Crippen molar-refractivity contribution in [2.75, 3.05) is 6.54 Å². The summed E-state index contributed by atoms with van der Waals surface area (Å²) in [6, 6.07) is 6.06. The first-order valence-electron chi connectivity index (χ1n) is 13.1. The number of rotatable bonds is 8. The third-order valence-electron chi connectivity index (χ3n) is 9.36. The van der Waals surface area contributed by atoms with Crippen LogP contribution in [0.1, 0.15) is 64.9 Å². The van der Waals surface area contributed by atoms with Crippen LogP contribution in [0.5, 0.6) is 5.75 Å². The highest BCUT2D eigenvalue weighted by molar-refractivity contribution is 5.92. The van der Waals surface area contributed by atoms with Crippen molar-refractivity contribution in [1.82, 2.24) is 10.2 Å². The smallest absolute Gasteiger partial charge is 0.329 e. The highest BCUT2D eigenvalue weighted by Crippen LogP contribution is 2.66. The molecule has 2 aliphatic carbocycles. The van der Waals surface area contributed by atoms with E-state index in [1.54, 1.807) is 12.1 Å². The molecule has 0 radical (unpaired) electrons. The monoisotopic (exact) mass is 511 g/mol. The zero-order valence-corrected chi connectivity index (χ0v) is 21.8. The number of hydrogen-bond donors (Lipinski definition) is 3. The SMILES string of the molecule is CC1(C)C2CCC1(C)C(OC(=O)C1CCCN1C(=O)C(CC#N)NC(=O)C(O)Cc1ccc(O)cc1)C2. The molecular formula is C28H37N3O6. The zero-order valence-electron chi connectivity index (χ0n) is 21.8. The standard InChI is InChI=1S/C28H37N3O6/c1-27(2)18-10-12-28(27,3)23(16-18)37-26(36)21-5-4-14-31(21)25(35)20(11-13-29)30-24(34)22(33)15-17-6-8-19(32)9-7-17/h6-9,18,20-23,32-33H,4-5,10-12,14-16H2,1-3H3,(H,30,34). The van der Waals surface area contributed by atoms with Crippen LogP contribution in [-0.2, 0) is 25.5 Å². The van der Waals surface area contributed by atoms with Gasteiger partial charge in [0.25, 0.3) is 0 Å². The summed E-state index contributed by atoms with van der Waals surface area (Å²) in [5, 5.41) is 31.6. The normalized spacial score (nSPS) is 29.4. The number of phenolic OH excluding ortho intramolecular Hbond substituents is 1. The van der Waals surface area contributed by atoms with Crippen LogP contribution in [0.25, 0.3) is 0 Å². The molecule has 3 N–H and O–H groups in total. The Balaban J connectivity index is 1.39. The Morgan fingerprint density at radius 2 is 1.92 bits per heavy atom. The number of phenols is 1. The lowest BCUT2D eigenvalue weighted by molar-refractivity contribution is -0.165. The number of nitrogens with zero attached hydrogens (tertiary/aromatic N) is 2. The number of hydrogen-bond acceptors (Lipinski definition) is 7. The number of fused-ring (bicyclic) bond motifs is 2. The van der Waals surface area contributed by atoms with Gasteiger partial charge in [0.15, 0.2) is 0 Å². The minimum absolute atomic E-state index is 0.0181. The molecule has 6 unspecified atom stereocenters. The van der Waals surface area contributed by atoms with Gasteiger partial charge in [0.1, 0.15) is 30.0 Å². The largest absolute Gasteiger partial charge is 0.508 e. The molecule has 0 spiro atoms. The molecular weight excluding hydrogens is 474 g/mol. The number of aromatic hydroxyl groups is 1. The van der Waals surface area contributed by atoms with Gasteiger partial charge in [-0.3, -0.25) is 9.59 Å². The van der Waals surface area contributed by atoms with Crippen LogP contribution in [-0.4, -0.2) is 63.7 Å². The molecule has 37 heavy (non-hydrogen) atoms. The number of aliphatic hydroxyl groups is 1. The molecule has 9 nitrogen and oxygen atoms in total. The average Bonchev–Trinajstić information content (AvgIpc) is 3.48. The number of ether oxygens (including phenoxy) is 1. The van der Waals surface area contributed by atoms with Gasteiger partial charge in [-0.2, -0.15) is 5.26 Å². The Kier molecular flexibility index (Phi) is 7.52. The summed E-state index contributed by atoms with van der Waals surface area (Å²) in [5.41, 5.74) is 0.626. The molecule has 2 bridgehead atoms. The second-order valence-electron chi connectivity index (χ2n) is 11.5. The summed E-state index contributed by atoms with van der Waals surface area (Å²) < 4.78 is 6.04. The molecule has 3 aliphatic rings. The van der Waals surface area contributed by atoms with E-state index in [4.69, 9.17) is 4.74 Å². The number of aliphatic hydroxyl groups excluding tert-OH is 1. The number of benzene rings is 1. The van der Waals surface area contributed by atoms with E-state index in [1.165, 1.54) is 17.0 Å². The summed E-state index contributed by atoms with van der Waals surface area (Å²) in [6.45, 7) is 7.02. The fraction of sp³-hybridized carbons (Fsp3) is 0.643. The van der Waals surface area contributed by atoms with Gasteiger partial charge in [-0.15, -0.1) is 0 Å². The molecule has 1 saturated heterocycles. The van der Waals surface area contributed by atoms with Gasteiger partial charge in [0, 0.05) is 18.4 Å². The predicted molar refractivity (Wildman–Crippen MR) is 134 cm³/mol. The van der Waals surface area contributed by atoms with Crippen molar-refractivity contribution in [1.29, 1.82) is 5.26 Å². The summed E-state index contributed by atoms with van der Waals surface area (Å²) in [5.74, 6) is -1.14. The van der Waals surface area contributed by atoms with Crippen LogP contribution < -0.4 is 5.32 Å². The quantitative estimate of drug-likeness (QED) is 0.456. The van der Waals surface area contributed by atoms with E-state index in [2.05, 4.69) is 26.1 Å². The fourth-order valence-electron chi connectivity index (χ4n) is 6.51. The molecule has 1 heterocycles. The van der Waals surface area contributed by atoms with Crippen LogP contribution in [0.2, 0.25) is 0 Å². The van der Waals surface area contributed by atoms with Crippen molar-refractivity contribution < 1.29 is 29.3 Å². The summed E-state index contributed by atoms with van der Waals surface area (Å²) >= 11 is 0. The van der Waals surface area contributed by atoms with Gasteiger partial charge in [-0.25, -0.2) is 4.79 Å². The Morgan fingerprint density at radius 1 is 1.22 bits per heavy atom. The van der Waals surface area contributed by atoms with Gasteiger partial charge in [-0.1, -0.05) is 32.9 Å². The maximum Gasteiger partial charge on any atom is 0.329 e. The van der Waals surface area contributed by atoms with E-state index in [0.29, 0.717) is 30.9 Å². The van der Waals surface area contributed by atoms with Crippen LogP contribution in [0.4, 0.5) is 0 Å². The Labute approximate surface area is 217 Å². The van der Waals surface area contributed by atoms with Crippen molar-refractivity contribution in [3.05, 3.63) is 29.8 Å². The van der Waals surface area contributed by atoms with Crippen molar-refractivity contribution in [3.63, 3.8) is 0 Å². The number of nitriles is 1. The van der Waals surface area contributed by atoms with E-state index in [-0.39, 0.29) is 35.5 Å². The van der Waals surface area contributed by atoms with Crippen LogP contribution in [0, 0.1) is 28.1 Å². The number of carbonyl (C=O) groups excluding carboxylic acids is 3. The molecule has 9 heteroatoms. The van der Waals surface area contributed by atoms with Gasteiger partial charge < -0.3 is 25.2 Å². The van der Waals surface area contributed by atoms with Crippen molar-refractivity contribution in [2.45, 2.75) is 90.0 Å². The van der Waals surface area contributed by atoms with Crippen molar-refractivity contribution in [3.8, 4) is 11.8 Å². The lowest BCUT2D eigenvalue weighted by Crippen LogP contribution is -2.54. The molecule has 1 aromatic rings. The summed E-state index contributed by atoms with van der Waals surface area (Å²) in [4.78, 5) is 40.7. The molecule has 1 aliphatic heterocycles. The number of esters is 1. The van der Waals surface area contributed by atoms with E-state index < -0.39 is 36.0 Å². The third kappa shape index (κ3) is 5.04. The second kappa shape index (κ2) is 10.3. The first-order valence-corrected chi connectivity index (χ1v) is 13.1. The Morgan fingerprint density at radius 3 is 2.51 bits per heavy atom. The van der Waals surface area contributed by atoms with Crippen LogP contribution >= 0.6 is 0 Å². The van der Waals surface area contributed by atoms with Crippen LogP contribution in [0.15, 0.2) is 24.3 Å². The molecule has 0 aromatic heterocycles. The van der Waals surface area contributed by atoms with Gasteiger partial charge in [0.05, 0.1) is 12.5 Å². The molecule has 200 valence electrons. The molecule has 4 rings (SSSR count). The molecule has 6 atom stereocenters. The lowest BCUT2D eigenvalue weighted by atomic mass is 9.70.